The largest absolute Gasteiger partial charge is 0.496 e. The molecule has 1 atom stereocenters. The van der Waals surface area contributed by atoms with Crippen LogP contribution in [0.1, 0.15) is 27.8 Å². The van der Waals surface area contributed by atoms with Crippen molar-refractivity contribution in [1.82, 2.24) is 4.90 Å². The summed E-state index contributed by atoms with van der Waals surface area (Å²) in [7, 11) is 3.16. The van der Waals surface area contributed by atoms with E-state index in [1.165, 1.54) is 0 Å². The van der Waals surface area contributed by atoms with E-state index in [1.807, 2.05) is 19.1 Å². The van der Waals surface area contributed by atoms with Gasteiger partial charge >= 0.3 is 0 Å². The lowest BCUT2D eigenvalue weighted by atomic mass is 10.1. The summed E-state index contributed by atoms with van der Waals surface area (Å²) in [5, 5.41) is 0. The maximum Gasteiger partial charge on any atom is 0.254 e. The molecule has 1 fully saturated rings. The van der Waals surface area contributed by atoms with Crippen molar-refractivity contribution < 1.29 is 23.4 Å². The van der Waals surface area contributed by atoms with Gasteiger partial charge in [0, 0.05) is 17.7 Å². The Morgan fingerprint density at radius 3 is 2.54 bits per heavy atom. The molecule has 1 aliphatic heterocycles. The number of rotatable bonds is 4. The van der Waals surface area contributed by atoms with Crippen LogP contribution in [0.25, 0.3) is 0 Å². The first-order valence-corrected chi connectivity index (χ1v) is 7.81. The normalized spacial score (nSPS) is 17.6. The topological polar surface area (TPSA) is 61.1 Å². The fourth-order valence-electron chi connectivity index (χ4n) is 2.87. The minimum absolute atomic E-state index is 0.0774. The number of morpholine rings is 1. The first kappa shape index (κ1) is 16.4. The van der Waals surface area contributed by atoms with E-state index in [0.717, 1.165) is 11.3 Å². The Morgan fingerprint density at radius 1 is 1.25 bits per heavy atom. The molecule has 1 unspecified atom stereocenters. The van der Waals surface area contributed by atoms with Crippen LogP contribution < -0.4 is 9.47 Å². The predicted molar refractivity (Wildman–Crippen MR) is 87.6 cm³/mol. The van der Waals surface area contributed by atoms with Crippen LogP contribution in [-0.4, -0.2) is 44.7 Å². The van der Waals surface area contributed by atoms with Crippen molar-refractivity contribution in [3.63, 3.8) is 0 Å². The van der Waals surface area contributed by atoms with Crippen molar-refractivity contribution in [2.24, 2.45) is 0 Å². The zero-order valence-corrected chi connectivity index (χ0v) is 14.1. The molecule has 6 nitrogen and oxygen atoms in total. The Morgan fingerprint density at radius 2 is 1.96 bits per heavy atom. The lowest BCUT2D eigenvalue weighted by Gasteiger charge is -2.32. The second-order valence-corrected chi connectivity index (χ2v) is 5.63. The van der Waals surface area contributed by atoms with E-state index in [-0.39, 0.29) is 12.0 Å². The number of amides is 1. The highest BCUT2D eigenvalue weighted by Gasteiger charge is 2.28. The maximum absolute atomic E-state index is 12.9. The number of nitrogens with zero attached hydrogens (tertiary/aromatic N) is 1. The van der Waals surface area contributed by atoms with Crippen LogP contribution in [0, 0.1) is 6.92 Å². The van der Waals surface area contributed by atoms with E-state index in [9.17, 15) is 4.79 Å². The van der Waals surface area contributed by atoms with Crippen LogP contribution in [-0.2, 0) is 4.74 Å². The zero-order chi connectivity index (χ0) is 17.1. The number of hydrogen-bond donors (Lipinski definition) is 0. The number of furan rings is 1. The summed E-state index contributed by atoms with van der Waals surface area (Å²) < 4.78 is 21.8. The van der Waals surface area contributed by atoms with Crippen molar-refractivity contribution >= 4 is 5.91 Å². The second kappa shape index (κ2) is 6.97. The van der Waals surface area contributed by atoms with Crippen LogP contribution >= 0.6 is 0 Å². The molecule has 0 saturated carbocycles. The molecule has 1 aliphatic rings. The molecular formula is C18H21NO5. The molecule has 1 aromatic heterocycles. The van der Waals surface area contributed by atoms with Crippen molar-refractivity contribution in [1.29, 1.82) is 0 Å². The van der Waals surface area contributed by atoms with Gasteiger partial charge in [-0.05, 0) is 31.2 Å². The van der Waals surface area contributed by atoms with E-state index < -0.39 is 0 Å². The average Bonchev–Trinajstić information content (AvgIpc) is 3.16. The van der Waals surface area contributed by atoms with Crippen molar-refractivity contribution in [2.75, 3.05) is 33.9 Å². The fraction of sp³-hybridized carbons (Fsp3) is 0.389. The first-order chi connectivity index (χ1) is 11.6. The van der Waals surface area contributed by atoms with Crippen molar-refractivity contribution in [3.05, 3.63) is 47.4 Å². The van der Waals surface area contributed by atoms with E-state index in [0.29, 0.717) is 36.8 Å². The monoisotopic (exact) mass is 331 g/mol. The van der Waals surface area contributed by atoms with Crippen molar-refractivity contribution in [3.8, 4) is 11.5 Å². The molecule has 2 aromatic rings. The van der Waals surface area contributed by atoms with Gasteiger partial charge in [0.1, 0.15) is 23.4 Å². The molecule has 128 valence electrons. The van der Waals surface area contributed by atoms with Gasteiger partial charge in [-0.3, -0.25) is 4.79 Å². The maximum atomic E-state index is 12.9. The van der Waals surface area contributed by atoms with E-state index in [1.54, 1.807) is 37.5 Å². The SMILES string of the molecule is COc1cc(C(=O)N2CCOC(c3ccco3)C2)cc(OC)c1C. The highest BCUT2D eigenvalue weighted by atomic mass is 16.5. The summed E-state index contributed by atoms with van der Waals surface area (Å²) in [5.74, 6) is 1.92. The quantitative estimate of drug-likeness (QED) is 0.862. The van der Waals surface area contributed by atoms with Crippen LogP contribution in [0.4, 0.5) is 0 Å². The van der Waals surface area contributed by atoms with Crippen molar-refractivity contribution in [2.45, 2.75) is 13.0 Å². The third-order valence-corrected chi connectivity index (χ3v) is 4.21. The van der Waals surface area contributed by atoms with Crippen LogP contribution in [0.2, 0.25) is 0 Å². The third-order valence-electron chi connectivity index (χ3n) is 4.21. The Labute approximate surface area is 140 Å². The van der Waals surface area contributed by atoms with Gasteiger partial charge in [-0.1, -0.05) is 0 Å². The fourth-order valence-corrected chi connectivity index (χ4v) is 2.87. The molecule has 0 N–H and O–H groups in total. The molecule has 2 heterocycles. The summed E-state index contributed by atoms with van der Waals surface area (Å²) >= 11 is 0. The van der Waals surface area contributed by atoms with Crippen LogP contribution in [0.3, 0.4) is 0 Å². The molecule has 0 radical (unpaired) electrons. The molecule has 1 saturated heterocycles. The number of carbonyl (C=O) groups excluding carboxylic acids is 1. The van der Waals surface area contributed by atoms with Crippen LogP contribution in [0.5, 0.6) is 11.5 Å². The minimum Gasteiger partial charge on any atom is -0.496 e. The lowest BCUT2D eigenvalue weighted by molar-refractivity contribution is -0.0321. The second-order valence-electron chi connectivity index (χ2n) is 5.63. The highest BCUT2D eigenvalue weighted by molar-refractivity contribution is 5.95. The molecule has 0 bridgehead atoms. The van der Waals surface area contributed by atoms with E-state index >= 15 is 0 Å². The molecule has 0 spiro atoms. The lowest BCUT2D eigenvalue weighted by Crippen LogP contribution is -2.42. The first-order valence-electron chi connectivity index (χ1n) is 7.81. The van der Waals surface area contributed by atoms with Gasteiger partial charge in [-0.15, -0.1) is 0 Å². The standard InChI is InChI=1S/C18H21NO5/c1-12-15(21-2)9-13(10-16(12)22-3)18(20)19-6-8-24-17(11-19)14-5-4-7-23-14/h4-5,7,9-10,17H,6,8,11H2,1-3H3. The van der Waals surface area contributed by atoms with E-state index in [4.69, 9.17) is 18.6 Å². The summed E-state index contributed by atoms with van der Waals surface area (Å²) in [6.07, 6.45) is 1.36. The summed E-state index contributed by atoms with van der Waals surface area (Å²) in [6.45, 7) is 3.35. The third kappa shape index (κ3) is 3.10. The minimum atomic E-state index is -0.244. The summed E-state index contributed by atoms with van der Waals surface area (Å²) in [5.41, 5.74) is 1.40. The van der Waals surface area contributed by atoms with Gasteiger partial charge < -0.3 is 23.5 Å². The van der Waals surface area contributed by atoms with Gasteiger partial charge in [0.25, 0.3) is 5.91 Å². The van der Waals surface area contributed by atoms with Gasteiger partial charge in [0.15, 0.2) is 0 Å². The smallest absolute Gasteiger partial charge is 0.254 e. The summed E-state index contributed by atoms with van der Waals surface area (Å²) in [4.78, 5) is 14.7. The van der Waals surface area contributed by atoms with Crippen LogP contribution in [0.15, 0.2) is 34.9 Å². The zero-order valence-electron chi connectivity index (χ0n) is 14.1. The van der Waals surface area contributed by atoms with E-state index in [2.05, 4.69) is 0 Å². The molecule has 1 amide bonds. The molecule has 1 aromatic carbocycles. The molecule has 6 heteroatoms. The van der Waals surface area contributed by atoms with Gasteiger partial charge in [0.05, 0.1) is 33.6 Å². The van der Waals surface area contributed by atoms with Gasteiger partial charge in [0.2, 0.25) is 0 Å². The van der Waals surface area contributed by atoms with Gasteiger partial charge in [-0.25, -0.2) is 0 Å². The number of hydrogen-bond acceptors (Lipinski definition) is 5. The average molecular weight is 331 g/mol. The number of ether oxygens (including phenoxy) is 3. The molecule has 0 aliphatic carbocycles. The number of benzene rings is 1. The number of methoxy groups -OCH3 is 2. The molecule has 24 heavy (non-hydrogen) atoms. The Balaban J connectivity index is 1.83. The van der Waals surface area contributed by atoms with Gasteiger partial charge in [-0.2, -0.15) is 0 Å². The molecule has 3 rings (SSSR count). The Hall–Kier alpha value is -2.47. The number of carbonyl (C=O) groups is 1. The summed E-state index contributed by atoms with van der Waals surface area (Å²) in [6, 6.07) is 7.17. The highest BCUT2D eigenvalue weighted by Crippen LogP contribution is 2.31. The molecular weight excluding hydrogens is 310 g/mol. The Bertz CT molecular complexity index is 685. The Kier molecular flexibility index (Phi) is 4.76. The predicted octanol–water partition coefficient (Wildman–Crippen LogP) is 2.82.